The molecule has 1 fully saturated rings. The molecule has 0 heterocycles. The van der Waals surface area contributed by atoms with E-state index in [2.05, 4.69) is 19.1 Å². The number of esters is 1. The van der Waals surface area contributed by atoms with Crippen LogP contribution in [0.4, 0.5) is 0 Å². The Hall–Kier alpha value is -0.790. The van der Waals surface area contributed by atoms with E-state index >= 15 is 0 Å². The van der Waals surface area contributed by atoms with Gasteiger partial charge in [-0.05, 0) is 57.8 Å². The molecule has 2 nitrogen and oxygen atoms in total. The number of ether oxygens (including phenoxy) is 1. The highest BCUT2D eigenvalue weighted by Crippen LogP contribution is 2.21. The quantitative estimate of drug-likeness (QED) is 0.114. The summed E-state index contributed by atoms with van der Waals surface area (Å²) < 4.78 is 5.50. The Morgan fingerprint density at radius 3 is 1.66 bits per heavy atom. The minimum absolute atomic E-state index is 0.0397. The van der Waals surface area contributed by atoms with Crippen molar-refractivity contribution in [3.05, 3.63) is 12.2 Å². The van der Waals surface area contributed by atoms with E-state index in [1.54, 1.807) is 0 Å². The molecule has 1 saturated carbocycles. The minimum Gasteiger partial charge on any atom is -0.462 e. The van der Waals surface area contributed by atoms with Crippen LogP contribution in [0.15, 0.2) is 12.2 Å². The van der Waals surface area contributed by atoms with E-state index < -0.39 is 0 Å². The number of rotatable bonds is 20. The average molecular weight is 407 g/mol. The van der Waals surface area contributed by atoms with E-state index in [9.17, 15) is 4.79 Å². The molecule has 29 heavy (non-hydrogen) atoms. The van der Waals surface area contributed by atoms with Crippen LogP contribution in [0.1, 0.15) is 148 Å². The molecule has 0 radical (unpaired) electrons. The van der Waals surface area contributed by atoms with Gasteiger partial charge in [0.15, 0.2) is 0 Å². The molecule has 1 rings (SSSR count). The molecule has 0 unspecified atom stereocenters. The third-order valence-corrected chi connectivity index (χ3v) is 6.24. The third-order valence-electron chi connectivity index (χ3n) is 6.24. The number of allylic oxidation sites excluding steroid dienone is 2. The number of unbranched alkanes of at least 4 members (excludes halogenated alkanes) is 15. The first-order valence-corrected chi connectivity index (χ1v) is 13.2. The van der Waals surface area contributed by atoms with Gasteiger partial charge in [-0.15, -0.1) is 0 Å². The second-order valence-electron chi connectivity index (χ2n) is 9.14. The lowest BCUT2D eigenvalue weighted by molar-refractivity contribution is -0.148. The van der Waals surface area contributed by atoms with Crippen molar-refractivity contribution in [2.45, 2.75) is 154 Å². The zero-order chi connectivity index (χ0) is 20.8. The van der Waals surface area contributed by atoms with Gasteiger partial charge in [-0.25, -0.2) is 0 Å². The summed E-state index contributed by atoms with van der Waals surface area (Å²) >= 11 is 0. The molecule has 0 aliphatic heterocycles. The van der Waals surface area contributed by atoms with Crippen LogP contribution in [0.2, 0.25) is 0 Å². The smallest absolute Gasteiger partial charge is 0.306 e. The Bertz CT molecular complexity index is 382. The predicted molar refractivity (Wildman–Crippen MR) is 126 cm³/mol. The zero-order valence-electron chi connectivity index (χ0n) is 19.6. The first kappa shape index (κ1) is 26.2. The van der Waals surface area contributed by atoms with Crippen molar-refractivity contribution in [3.63, 3.8) is 0 Å². The zero-order valence-corrected chi connectivity index (χ0v) is 19.6. The molecular weight excluding hydrogens is 356 g/mol. The maximum Gasteiger partial charge on any atom is 0.306 e. The van der Waals surface area contributed by atoms with Crippen molar-refractivity contribution in [2.75, 3.05) is 0 Å². The molecule has 1 aliphatic carbocycles. The van der Waals surface area contributed by atoms with Crippen LogP contribution >= 0.6 is 0 Å². The van der Waals surface area contributed by atoms with E-state index in [1.165, 1.54) is 116 Å². The minimum atomic E-state index is 0.0397. The highest BCUT2D eigenvalue weighted by Gasteiger charge is 2.18. The molecule has 0 spiro atoms. The van der Waals surface area contributed by atoms with Gasteiger partial charge in [0.05, 0.1) is 0 Å². The van der Waals surface area contributed by atoms with Crippen LogP contribution in [-0.4, -0.2) is 12.1 Å². The summed E-state index contributed by atoms with van der Waals surface area (Å²) in [6, 6.07) is 0. The van der Waals surface area contributed by atoms with Crippen molar-refractivity contribution in [1.82, 2.24) is 0 Å². The van der Waals surface area contributed by atoms with Crippen molar-refractivity contribution in [2.24, 2.45) is 0 Å². The normalized spacial score (nSPS) is 14.8. The Morgan fingerprint density at radius 1 is 0.690 bits per heavy atom. The van der Waals surface area contributed by atoms with Gasteiger partial charge in [-0.3, -0.25) is 4.79 Å². The summed E-state index contributed by atoms with van der Waals surface area (Å²) in [6.45, 7) is 2.28. The van der Waals surface area contributed by atoms with Crippen molar-refractivity contribution in [1.29, 1.82) is 0 Å². The molecule has 0 aromatic carbocycles. The van der Waals surface area contributed by atoms with Gasteiger partial charge in [0.2, 0.25) is 0 Å². The van der Waals surface area contributed by atoms with Gasteiger partial charge >= 0.3 is 5.97 Å². The molecule has 170 valence electrons. The average Bonchev–Trinajstić information content (AvgIpc) is 3.22. The molecule has 0 aromatic heterocycles. The Kier molecular flexibility index (Phi) is 18.5. The van der Waals surface area contributed by atoms with Crippen LogP contribution in [0, 0.1) is 0 Å². The van der Waals surface area contributed by atoms with Gasteiger partial charge < -0.3 is 4.74 Å². The molecule has 0 aromatic rings. The van der Waals surface area contributed by atoms with Crippen molar-refractivity contribution in [3.8, 4) is 0 Å². The lowest BCUT2D eigenvalue weighted by Gasteiger charge is -2.10. The van der Waals surface area contributed by atoms with Crippen LogP contribution in [0.25, 0.3) is 0 Å². The molecule has 0 bridgehead atoms. The molecular formula is C27H50O2. The molecule has 0 N–H and O–H groups in total. The lowest BCUT2D eigenvalue weighted by Crippen LogP contribution is -2.14. The Balaban J connectivity index is 1.71. The van der Waals surface area contributed by atoms with Crippen molar-refractivity contribution >= 4 is 5.97 Å². The van der Waals surface area contributed by atoms with Gasteiger partial charge in [-0.2, -0.15) is 0 Å². The first-order valence-electron chi connectivity index (χ1n) is 13.2. The number of hydrogen-bond acceptors (Lipinski definition) is 2. The molecule has 2 heteroatoms. The summed E-state index contributed by atoms with van der Waals surface area (Å²) in [5, 5.41) is 0. The van der Waals surface area contributed by atoms with Gasteiger partial charge in [0.25, 0.3) is 0 Å². The lowest BCUT2D eigenvalue weighted by atomic mass is 10.1. The van der Waals surface area contributed by atoms with E-state index in [0.29, 0.717) is 6.42 Å². The molecule has 0 atom stereocenters. The maximum absolute atomic E-state index is 11.8. The van der Waals surface area contributed by atoms with Gasteiger partial charge in [0, 0.05) is 6.42 Å². The second kappa shape index (κ2) is 20.5. The van der Waals surface area contributed by atoms with E-state index in [1.807, 2.05) is 0 Å². The predicted octanol–water partition coefficient (Wildman–Crippen LogP) is 9.07. The van der Waals surface area contributed by atoms with Crippen LogP contribution in [-0.2, 0) is 9.53 Å². The van der Waals surface area contributed by atoms with Crippen LogP contribution in [0.3, 0.4) is 0 Å². The first-order chi connectivity index (χ1) is 14.3. The third kappa shape index (κ3) is 17.8. The van der Waals surface area contributed by atoms with Gasteiger partial charge in [0.1, 0.15) is 6.10 Å². The van der Waals surface area contributed by atoms with E-state index in [0.717, 1.165) is 19.3 Å². The number of hydrogen-bond donors (Lipinski definition) is 0. The monoisotopic (exact) mass is 406 g/mol. The largest absolute Gasteiger partial charge is 0.462 e. The molecule has 0 amide bonds. The summed E-state index contributed by atoms with van der Waals surface area (Å²) in [4.78, 5) is 11.8. The topological polar surface area (TPSA) is 26.3 Å². The summed E-state index contributed by atoms with van der Waals surface area (Å²) in [6.07, 6.45) is 32.9. The van der Waals surface area contributed by atoms with Crippen LogP contribution < -0.4 is 0 Å². The molecule has 1 aliphatic rings. The highest BCUT2D eigenvalue weighted by atomic mass is 16.5. The fourth-order valence-electron chi connectivity index (χ4n) is 4.30. The van der Waals surface area contributed by atoms with E-state index in [4.69, 9.17) is 4.74 Å². The SMILES string of the molecule is CCCCCCCCC=CCCCCCCCCCCCC(=O)OC1CCCC1. The Labute approximate surface area is 182 Å². The summed E-state index contributed by atoms with van der Waals surface area (Å²) in [5.74, 6) is 0.0397. The Morgan fingerprint density at radius 2 is 1.14 bits per heavy atom. The standard InChI is InChI=1S/C27H50O2/c1-2-3-4-5-6-7-8-9-10-11-12-13-14-15-16-17-18-19-20-25-27(28)29-26-23-21-22-24-26/h9-10,26H,2-8,11-25H2,1H3. The molecule has 0 saturated heterocycles. The van der Waals surface area contributed by atoms with Crippen LogP contribution in [0.5, 0.6) is 0 Å². The summed E-state index contributed by atoms with van der Waals surface area (Å²) in [5.41, 5.74) is 0. The van der Waals surface area contributed by atoms with Crippen molar-refractivity contribution < 1.29 is 9.53 Å². The number of carbonyl (C=O) groups excluding carboxylic acids is 1. The fourth-order valence-corrected chi connectivity index (χ4v) is 4.30. The maximum atomic E-state index is 11.8. The summed E-state index contributed by atoms with van der Waals surface area (Å²) in [7, 11) is 0. The second-order valence-corrected chi connectivity index (χ2v) is 9.14. The van der Waals surface area contributed by atoms with E-state index in [-0.39, 0.29) is 12.1 Å². The van der Waals surface area contributed by atoms with Gasteiger partial charge in [-0.1, -0.05) is 96.1 Å². The number of carbonyl (C=O) groups is 1. The highest BCUT2D eigenvalue weighted by molar-refractivity contribution is 5.69. The fraction of sp³-hybridized carbons (Fsp3) is 0.889.